The lowest BCUT2D eigenvalue weighted by molar-refractivity contribution is 0.601. The maximum Gasteiger partial charge on any atom is 0.261 e. The molecule has 2 aromatic rings. The molecule has 0 atom stereocenters. The van der Waals surface area contributed by atoms with Crippen LogP contribution in [-0.2, 0) is 10.0 Å². The van der Waals surface area contributed by atoms with Crippen LogP contribution in [0.4, 0.5) is 15.8 Å². The Kier molecular flexibility index (Phi) is 4.58. The molecular formula is C12H10Cl2FN3O2S. The highest BCUT2D eigenvalue weighted by molar-refractivity contribution is 7.92. The van der Waals surface area contributed by atoms with Gasteiger partial charge in [-0.05, 0) is 36.4 Å². The SMILES string of the molecule is NNc1ccc(S(=O)(=O)Nc2cc(Cl)c(F)c(Cl)c2)cc1. The third kappa shape index (κ3) is 3.56. The van der Waals surface area contributed by atoms with Crippen LogP contribution in [0.2, 0.25) is 10.0 Å². The van der Waals surface area contributed by atoms with Crippen LogP contribution in [0.5, 0.6) is 0 Å². The van der Waals surface area contributed by atoms with E-state index in [0.29, 0.717) is 5.69 Å². The number of sulfonamides is 1. The van der Waals surface area contributed by atoms with Crippen molar-refractivity contribution < 1.29 is 12.8 Å². The fourth-order valence-corrected chi connectivity index (χ4v) is 3.09. The summed E-state index contributed by atoms with van der Waals surface area (Å²) in [6.45, 7) is 0. The molecule has 0 aromatic heterocycles. The number of nitrogen functional groups attached to an aromatic ring is 1. The summed E-state index contributed by atoms with van der Waals surface area (Å²) in [5, 5.41) is -0.550. The fraction of sp³-hybridized carbons (Fsp3) is 0. The van der Waals surface area contributed by atoms with E-state index in [1.807, 2.05) is 0 Å². The number of anilines is 2. The molecule has 9 heteroatoms. The lowest BCUT2D eigenvalue weighted by atomic mass is 10.3. The number of benzene rings is 2. The van der Waals surface area contributed by atoms with Gasteiger partial charge in [-0.25, -0.2) is 12.8 Å². The molecule has 0 amide bonds. The molecule has 0 fully saturated rings. The first-order valence-corrected chi connectivity index (χ1v) is 7.81. The van der Waals surface area contributed by atoms with E-state index < -0.39 is 15.8 Å². The van der Waals surface area contributed by atoms with Crippen molar-refractivity contribution in [3.63, 3.8) is 0 Å². The molecule has 112 valence electrons. The molecule has 0 unspecified atom stereocenters. The molecule has 0 aliphatic heterocycles. The molecule has 2 rings (SSSR count). The Bertz CT molecular complexity index is 744. The minimum Gasteiger partial charge on any atom is -0.324 e. The van der Waals surface area contributed by atoms with Crippen molar-refractivity contribution in [2.24, 2.45) is 5.84 Å². The third-order valence-electron chi connectivity index (χ3n) is 2.57. The summed E-state index contributed by atoms with van der Waals surface area (Å²) in [5.74, 6) is 4.39. The van der Waals surface area contributed by atoms with Gasteiger partial charge >= 0.3 is 0 Å². The molecule has 0 aliphatic carbocycles. The van der Waals surface area contributed by atoms with Crippen molar-refractivity contribution in [1.29, 1.82) is 0 Å². The Balaban J connectivity index is 2.32. The lowest BCUT2D eigenvalue weighted by Gasteiger charge is -2.10. The second-order valence-corrected chi connectivity index (χ2v) is 6.52. The van der Waals surface area contributed by atoms with Gasteiger partial charge in [0.15, 0.2) is 5.82 Å². The Morgan fingerprint density at radius 3 is 2.00 bits per heavy atom. The van der Waals surface area contributed by atoms with Crippen LogP contribution in [0.15, 0.2) is 41.3 Å². The summed E-state index contributed by atoms with van der Waals surface area (Å²) in [5.41, 5.74) is 3.00. The normalized spacial score (nSPS) is 11.2. The second-order valence-electron chi connectivity index (χ2n) is 4.03. The van der Waals surface area contributed by atoms with Gasteiger partial charge in [0.05, 0.1) is 20.6 Å². The van der Waals surface area contributed by atoms with Crippen LogP contribution in [-0.4, -0.2) is 8.42 Å². The molecule has 0 heterocycles. The first-order chi connectivity index (χ1) is 9.83. The molecule has 5 nitrogen and oxygen atoms in total. The molecule has 0 aliphatic rings. The first kappa shape index (κ1) is 15.8. The largest absolute Gasteiger partial charge is 0.324 e. The maximum absolute atomic E-state index is 13.3. The van der Waals surface area contributed by atoms with E-state index in [0.717, 1.165) is 12.1 Å². The standard InChI is InChI=1S/C12H10Cl2FN3O2S/c13-10-5-8(6-11(14)12(10)15)18-21(19,20)9-3-1-7(17-16)2-4-9/h1-6,17-18H,16H2. The zero-order valence-corrected chi connectivity index (χ0v) is 12.7. The van der Waals surface area contributed by atoms with Gasteiger partial charge in [-0.3, -0.25) is 10.6 Å². The van der Waals surface area contributed by atoms with E-state index >= 15 is 0 Å². The Labute approximate surface area is 130 Å². The van der Waals surface area contributed by atoms with Gasteiger partial charge < -0.3 is 5.43 Å². The van der Waals surface area contributed by atoms with Gasteiger partial charge in [0.1, 0.15) is 0 Å². The number of hydrogen-bond donors (Lipinski definition) is 3. The number of halogens is 3. The number of nitrogens with two attached hydrogens (primary N) is 1. The minimum atomic E-state index is -3.84. The van der Waals surface area contributed by atoms with Gasteiger partial charge in [0.25, 0.3) is 10.0 Å². The summed E-state index contributed by atoms with van der Waals surface area (Å²) in [4.78, 5) is 0.0121. The molecule has 0 bridgehead atoms. The summed E-state index contributed by atoms with van der Waals surface area (Å²) in [6.07, 6.45) is 0. The quantitative estimate of drug-likeness (QED) is 0.449. The van der Waals surface area contributed by atoms with Gasteiger partial charge in [-0.15, -0.1) is 0 Å². The van der Waals surface area contributed by atoms with Crippen molar-refractivity contribution >= 4 is 44.6 Å². The number of rotatable bonds is 4. The highest BCUT2D eigenvalue weighted by Crippen LogP contribution is 2.28. The van der Waals surface area contributed by atoms with Crippen LogP contribution in [0.25, 0.3) is 0 Å². The zero-order valence-electron chi connectivity index (χ0n) is 10.4. The topological polar surface area (TPSA) is 84.2 Å². The van der Waals surface area contributed by atoms with E-state index in [9.17, 15) is 12.8 Å². The smallest absolute Gasteiger partial charge is 0.261 e. The number of hydrogen-bond acceptors (Lipinski definition) is 4. The molecule has 0 spiro atoms. The van der Waals surface area contributed by atoms with Crippen LogP contribution in [0.3, 0.4) is 0 Å². The minimum absolute atomic E-state index is 0.0121. The summed E-state index contributed by atoms with van der Waals surface area (Å²) in [7, 11) is -3.84. The number of hydrazine groups is 1. The van der Waals surface area contributed by atoms with E-state index in [1.54, 1.807) is 0 Å². The molecule has 2 aromatic carbocycles. The maximum atomic E-state index is 13.3. The first-order valence-electron chi connectivity index (χ1n) is 5.57. The predicted octanol–water partition coefficient (Wildman–Crippen LogP) is 3.22. The van der Waals surface area contributed by atoms with Crippen molar-refractivity contribution in [2.45, 2.75) is 4.90 Å². The Morgan fingerprint density at radius 1 is 1.00 bits per heavy atom. The van der Waals surface area contributed by atoms with Gasteiger partial charge in [-0.1, -0.05) is 23.2 Å². The third-order valence-corrected chi connectivity index (χ3v) is 4.51. The van der Waals surface area contributed by atoms with E-state index in [4.69, 9.17) is 29.0 Å². The molecular weight excluding hydrogens is 340 g/mol. The van der Waals surface area contributed by atoms with Gasteiger partial charge in [0.2, 0.25) is 0 Å². The van der Waals surface area contributed by atoms with Gasteiger partial charge in [-0.2, -0.15) is 0 Å². The van der Waals surface area contributed by atoms with E-state index in [2.05, 4.69) is 10.1 Å². The average molecular weight is 350 g/mol. The molecule has 21 heavy (non-hydrogen) atoms. The average Bonchev–Trinajstić information content (AvgIpc) is 2.44. The molecule has 0 radical (unpaired) electrons. The lowest BCUT2D eigenvalue weighted by Crippen LogP contribution is -2.13. The highest BCUT2D eigenvalue weighted by Gasteiger charge is 2.16. The van der Waals surface area contributed by atoms with E-state index in [1.165, 1.54) is 24.3 Å². The molecule has 0 saturated heterocycles. The highest BCUT2D eigenvalue weighted by atomic mass is 35.5. The van der Waals surface area contributed by atoms with Crippen molar-refractivity contribution in [3.05, 3.63) is 52.3 Å². The van der Waals surface area contributed by atoms with Crippen molar-refractivity contribution in [2.75, 3.05) is 10.1 Å². The van der Waals surface area contributed by atoms with Crippen LogP contribution >= 0.6 is 23.2 Å². The van der Waals surface area contributed by atoms with Crippen LogP contribution < -0.4 is 16.0 Å². The summed E-state index contributed by atoms with van der Waals surface area (Å²) >= 11 is 11.2. The Hall–Kier alpha value is -1.54. The van der Waals surface area contributed by atoms with Crippen LogP contribution in [0.1, 0.15) is 0 Å². The summed E-state index contributed by atoms with van der Waals surface area (Å²) in [6, 6.07) is 8.00. The van der Waals surface area contributed by atoms with Crippen molar-refractivity contribution in [3.8, 4) is 0 Å². The monoisotopic (exact) mass is 349 g/mol. The fourth-order valence-electron chi connectivity index (χ4n) is 1.56. The summed E-state index contributed by atoms with van der Waals surface area (Å²) < 4.78 is 39.9. The van der Waals surface area contributed by atoms with E-state index in [-0.39, 0.29) is 20.6 Å². The van der Waals surface area contributed by atoms with Crippen molar-refractivity contribution in [1.82, 2.24) is 0 Å². The molecule has 4 N–H and O–H groups in total. The zero-order chi connectivity index (χ0) is 15.6. The van der Waals surface area contributed by atoms with Crippen LogP contribution in [0, 0.1) is 5.82 Å². The molecule has 0 saturated carbocycles. The second kappa shape index (κ2) is 6.07. The predicted molar refractivity (Wildman–Crippen MR) is 81.5 cm³/mol. The number of nitrogens with one attached hydrogen (secondary N) is 2. The van der Waals surface area contributed by atoms with Gasteiger partial charge in [0, 0.05) is 5.69 Å². The Morgan fingerprint density at radius 2 is 1.52 bits per heavy atom.